The first-order chi connectivity index (χ1) is 14.0. The van der Waals surface area contributed by atoms with E-state index in [0.717, 1.165) is 5.32 Å². The van der Waals surface area contributed by atoms with E-state index in [9.17, 15) is 70.7 Å². The van der Waals surface area contributed by atoms with Gasteiger partial charge in [0.25, 0.3) is 5.91 Å². The molecule has 0 radical (unpaired) electrons. The number of carbonyl (C=O) groups is 1. The molecule has 0 spiro atoms. The summed E-state index contributed by atoms with van der Waals surface area (Å²) in [6.45, 7) is -1.17. The fraction of sp³-hybridized carbons (Fsp3) is 0.818. The molecule has 0 bridgehead atoms. The second-order valence-electron chi connectivity index (χ2n) is 5.78. The van der Waals surface area contributed by atoms with E-state index < -0.39 is 60.6 Å². The van der Waals surface area contributed by atoms with Gasteiger partial charge in [0.15, 0.2) is 5.82 Å². The van der Waals surface area contributed by atoms with E-state index in [2.05, 4.69) is 15.4 Å². The molecule has 186 valence electrons. The average Bonchev–Trinajstić information content (AvgIpc) is 3.13. The number of hydrogen-bond donors (Lipinski definition) is 2. The lowest BCUT2D eigenvalue weighted by molar-refractivity contribution is -0.449. The number of nitrogens with zero attached hydrogens (tertiary/aromatic N) is 3. The highest BCUT2D eigenvalue weighted by molar-refractivity contribution is 5.84. The van der Waals surface area contributed by atoms with Crippen LogP contribution in [0.25, 0.3) is 0 Å². The molecule has 0 aliphatic rings. The monoisotopic (exact) mass is 509 g/mol. The van der Waals surface area contributed by atoms with Crippen LogP contribution >= 0.6 is 0 Å². The lowest BCUT2D eigenvalue weighted by atomic mass is 9.91. The standard InChI is InChI=1S/C11H6F15N5O/c12-5(13,4(32)27-2-1-3-28-30-31-29-3)6(14,15)7(16,17)8(18,19)9(20,21)10(22,23)11(24,25)26/h1-2H2,(H,27,32)(H,28,29,30,31). The van der Waals surface area contributed by atoms with Crippen LogP contribution in [-0.2, 0) is 11.2 Å². The minimum Gasteiger partial charge on any atom is -0.350 e. The van der Waals surface area contributed by atoms with Crippen molar-refractivity contribution in [1.29, 1.82) is 0 Å². The molecule has 0 fully saturated rings. The number of amides is 1. The summed E-state index contributed by atoms with van der Waals surface area (Å²) in [5, 5.41) is 11.8. The van der Waals surface area contributed by atoms with Crippen LogP contribution in [0.1, 0.15) is 5.82 Å². The molecule has 0 unspecified atom stereocenters. The van der Waals surface area contributed by atoms with Crippen LogP contribution in [0.2, 0.25) is 0 Å². The van der Waals surface area contributed by atoms with E-state index in [4.69, 9.17) is 0 Å². The van der Waals surface area contributed by atoms with Crippen molar-refractivity contribution in [2.45, 2.75) is 48.1 Å². The van der Waals surface area contributed by atoms with Crippen LogP contribution in [-0.4, -0.2) is 74.8 Å². The molecular formula is C11H6F15N5O. The molecule has 6 nitrogen and oxygen atoms in total. The molecule has 1 aromatic rings. The summed E-state index contributed by atoms with van der Waals surface area (Å²) >= 11 is 0. The second-order valence-corrected chi connectivity index (χ2v) is 5.78. The molecule has 1 amide bonds. The fourth-order valence-corrected chi connectivity index (χ4v) is 1.80. The highest BCUT2D eigenvalue weighted by atomic mass is 19.4. The number of carbonyl (C=O) groups excluding carboxylic acids is 1. The maximum atomic E-state index is 13.5. The van der Waals surface area contributed by atoms with Gasteiger partial charge < -0.3 is 5.32 Å². The smallest absolute Gasteiger partial charge is 0.350 e. The third-order valence-electron chi connectivity index (χ3n) is 3.64. The van der Waals surface area contributed by atoms with Crippen molar-refractivity contribution in [3.8, 4) is 0 Å². The maximum Gasteiger partial charge on any atom is 0.460 e. The molecule has 0 aliphatic carbocycles. The fourth-order valence-electron chi connectivity index (χ4n) is 1.80. The first kappa shape index (κ1) is 27.5. The Labute approximate surface area is 164 Å². The lowest BCUT2D eigenvalue weighted by Crippen LogP contribution is -2.74. The van der Waals surface area contributed by atoms with Crippen molar-refractivity contribution in [2.24, 2.45) is 0 Å². The zero-order chi connectivity index (χ0) is 25.6. The van der Waals surface area contributed by atoms with E-state index in [-0.39, 0.29) is 5.82 Å². The normalized spacial score (nSPS) is 15.1. The van der Waals surface area contributed by atoms with Gasteiger partial charge in [0, 0.05) is 13.0 Å². The van der Waals surface area contributed by atoms with E-state index in [1.165, 1.54) is 0 Å². The van der Waals surface area contributed by atoms with Crippen LogP contribution in [0.3, 0.4) is 0 Å². The Morgan fingerprint density at radius 1 is 0.719 bits per heavy atom. The Balaban J connectivity index is 3.28. The van der Waals surface area contributed by atoms with Crippen molar-refractivity contribution in [2.75, 3.05) is 6.54 Å². The molecule has 0 saturated heterocycles. The summed E-state index contributed by atoms with van der Waals surface area (Å²) in [6.07, 6.45) is -8.40. The summed E-state index contributed by atoms with van der Waals surface area (Å²) in [5.74, 6) is -52.0. The number of halogens is 15. The van der Waals surface area contributed by atoms with E-state index in [0.29, 0.717) is 0 Å². The van der Waals surface area contributed by atoms with Crippen LogP contribution in [0.4, 0.5) is 65.9 Å². The van der Waals surface area contributed by atoms with Gasteiger partial charge in [-0.3, -0.25) is 4.79 Å². The number of H-pyrrole nitrogens is 1. The molecule has 0 atom stereocenters. The summed E-state index contributed by atoms with van der Waals surface area (Å²) in [4.78, 5) is 11.1. The Morgan fingerprint density at radius 3 is 1.56 bits per heavy atom. The molecule has 21 heteroatoms. The zero-order valence-corrected chi connectivity index (χ0v) is 14.3. The Hall–Kier alpha value is -2.51. The maximum absolute atomic E-state index is 13.5. The summed E-state index contributed by atoms with van der Waals surface area (Å²) in [6, 6.07) is 0. The van der Waals surface area contributed by atoms with Crippen molar-refractivity contribution < 1.29 is 70.7 Å². The molecule has 2 N–H and O–H groups in total. The summed E-state index contributed by atoms with van der Waals surface area (Å²) < 4.78 is 195. The minimum absolute atomic E-state index is 0.383. The number of alkyl halides is 15. The number of tetrazole rings is 1. The van der Waals surface area contributed by atoms with Crippen molar-refractivity contribution in [3.63, 3.8) is 0 Å². The van der Waals surface area contributed by atoms with Gasteiger partial charge in [-0.05, 0) is 0 Å². The first-order valence-corrected chi connectivity index (χ1v) is 7.34. The first-order valence-electron chi connectivity index (χ1n) is 7.34. The topological polar surface area (TPSA) is 83.6 Å². The van der Waals surface area contributed by atoms with E-state index >= 15 is 0 Å². The molecule has 32 heavy (non-hydrogen) atoms. The van der Waals surface area contributed by atoms with Crippen molar-refractivity contribution in [1.82, 2.24) is 25.9 Å². The summed E-state index contributed by atoms with van der Waals surface area (Å²) in [5.41, 5.74) is 0. The Kier molecular flexibility index (Phi) is 6.72. The van der Waals surface area contributed by atoms with Gasteiger partial charge in [-0.2, -0.15) is 71.1 Å². The van der Waals surface area contributed by atoms with Crippen LogP contribution < -0.4 is 5.32 Å². The van der Waals surface area contributed by atoms with Gasteiger partial charge in [0.05, 0.1) is 0 Å². The highest BCUT2D eigenvalue weighted by Gasteiger charge is 2.94. The van der Waals surface area contributed by atoms with Crippen LogP contribution in [0.15, 0.2) is 0 Å². The van der Waals surface area contributed by atoms with Crippen LogP contribution in [0, 0.1) is 0 Å². The van der Waals surface area contributed by atoms with Gasteiger partial charge in [0.1, 0.15) is 0 Å². The largest absolute Gasteiger partial charge is 0.460 e. The van der Waals surface area contributed by atoms with Gasteiger partial charge in [-0.1, -0.05) is 5.21 Å². The van der Waals surface area contributed by atoms with Crippen LogP contribution in [0.5, 0.6) is 0 Å². The molecule has 0 saturated carbocycles. The van der Waals surface area contributed by atoms with Gasteiger partial charge in [-0.25, -0.2) is 0 Å². The van der Waals surface area contributed by atoms with E-state index in [1.807, 2.05) is 5.21 Å². The molecule has 0 aliphatic heterocycles. The average molecular weight is 509 g/mol. The number of rotatable bonds is 9. The molecule has 0 aromatic carbocycles. The summed E-state index contributed by atoms with van der Waals surface area (Å²) in [7, 11) is 0. The number of aromatic nitrogens is 4. The molecular weight excluding hydrogens is 503 g/mol. The molecule has 1 aromatic heterocycles. The zero-order valence-electron chi connectivity index (χ0n) is 14.3. The van der Waals surface area contributed by atoms with Crippen molar-refractivity contribution >= 4 is 5.91 Å². The van der Waals surface area contributed by atoms with Crippen molar-refractivity contribution in [3.05, 3.63) is 5.82 Å². The molecule has 1 rings (SSSR count). The number of hydrogen-bond acceptors (Lipinski definition) is 4. The SMILES string of the molecule is O=C(NCCc1nn[nH]n1)C(F)(F)C(F)(F)C(F)(F)C(F)(F)C(F)(F)C(F)(F)C(F)(F)F. The molecule has 1 heterocycles. The predicted octanol–water partition coefficient (Wildman–Crippen LogP) is 3.23. The van der Waals surface area contributed by atoms with Gasteiger partial charge in [-0.15, -0.1) is 10.2 Å². The third kappa shape index (κ3) is 3.88. The number of aromatic amines is 1. The third-order valence-corrected chi connectivity index (χ3v) is 3.64. The van der Waals surface area contributed by atoms with E-state index in [1.54, 1.807) is 0 Å². The second kappa shape index (κ2) is 7.81. The lowest BCUT2D eigenvalue weighted by Gasteiger charge is -2.41. The highest BCUT2D eigenvalue weighted by Crippen LogP contribution is 2.62. The van der Waals surface area contributed by atoms with Gasteiger partial charge in [0.2, 0.25) is 0 Å². The quantitative estimate of drug-likeness (QED) is 0.501. The minimum atomic E-state index is -8.45. The Morgan fingerprint density at radius 2 is 1.16 bits per heavy atom. The number of nitrogens with one attached hydrogen (secondary N) is 2. The Bertz CT molecular complexity index is 803. The van der Waals surface area contributed by atoms with Gasteiger partial charge >= 0.3 is 41.7 Å². The predicted molar refractivity (Wildman–Crippen MR) is 66.6 cm³/mol.